The van der Waals surface area contributed by atoms with E-state index in [2.05, 4.69) is 5.32 Å². The lowest BCUT2D eigenvalue weighted by Crippen LogP contribution is -2.40. The minimum Gasteiger partial charge on any atom is -0.480 e. The first-order valence-electron chi connectivity index (χ1n) is 4.92. The second-order valence-corrected chi connectivity index (χ2v) is 3.43. The van der Waals surface area contributed by atoms with Gasteiger partial charge in [0.15, 0.2) is 0 Å². The number of hydrogen-bond acceptors (Lipinski definition) is 4. The van der Waals surface area contributed by atoms with Crippen molar-refractivity contribution in [2.45, 2.75) is 38.3 Å². The van der Waals surface area contributed by atoms with Crippen molar-refractivity contribution >= 4 is 5.97 Å². The van der Waals surface area contributed by atoms with Gasteiger partial charge >= 0.3 is 5.97 Å². The number of carboxylic acids is 1. The van der Waals surface area contributed by atoms with Gasteiger partial charge < -0.3 is 21.3 Å². The Morgan fingerprint density at radius 1 is 1.50 bits per heavy atom. The lowest BCUT2D eigenvalue weighted by atomic mass is 10.1. The van der Waals surface area contributed by atoms with Gasteiger partial charge in [-0.3, -0.25) is 4.79 Å². The lowest BCUT2D eigenvalue weighted by molar-refractivity contribution is -0.139. The Kier molecular flexibility index (Phi) is 7.37. The lowest BCUT2D eigenvalue weighted by Gasteiger charge is -2.15. The quantitative estimate of drug-likeness (QED) is 0.401. The first kappa shape index (κ1) is 13.4. The van der Waals surface area contributed by atoms with E-state index in [0.29, 0.717) is 19.5 Å². The van der Waals surface area contributed by atoms with Gasteiger partial charge in [0.2, 0.25) is 0 Å². The maximum atomic E-state index is 10.7. The monoisotopic (exact) mass is 204 g/mol. The molecule has 0 spiro atoms. The molecule has 5 heteroatoms. The van der Waals surface area contributed by atoms with Crippen LogP contribution in [0.1, 0.15) is 26.2 Å². The molecule has 0 saturated carbocycles. The van der Waals surface area contributed by atoms with Gasteiger partial charge in [0.05, 0.1) is 6.10 Å². The Morgan fingerprint density at radius 2 is 2.14 bits per heavy atom. The molecule has 0 aromatic rings. The minimum atomic E-state index is -0.873. The van der Waals surface area contributed by atoms with Crippen LogP contribution in [0.2, 0.25) is 0 Å². The number of aliphatic hydroxyl groups excluding tert-OH is 1. The van der Waals surface area contributed by atoms with E-state index in [0.717, 1.165) is 12.8 Å². The van der Waals surface area contributed by atoms with Crippen LogP contribution in [0.25, 0.3) is 0 Å². The van der Waals surface area contributed by atoms with Crippen molar-refractivity contribution < 1.29 is 15.0 Å². The van der Waals surface area contributed by atoms with Crippen molar-refractivity contribution in [1.82, 2.24) is 5.32 Å². The summed E-state index contributed by atoms with van der Waals surface area (Å²) in [6.07, 6.45) is 1.66. The summed E-state index contributed by atoms with van der Waals surface area (Å²) in [5, 5.41) is 20.6. The molecule has 0 fully saturated rings. The number of rotatable bonds is 8. The second-order valence-electron chi connectivity index (χ2n) is 3.43. The molecule has 84 valence electrons. The van der Waals surface area contributed by atoms with Crippen molar-refractivity contribution in [3.8, 4) is 0 Å². The largest absolute Gasteiger partial charge is 0.480 e. The molecule has 0 aliphatic heterocycles. The van der Waals surface area contributed by atoms with Gasteiger partial charge in [-0.25, -0.2) is 0 Å². The van der Waals surface area contributed by atoms with E-state index in [1.807, 2.05) is 0 Å². The van der Waals surface area contributed by atoms with Crippen LogP contribution < -0.4 is 11.1 Å². The summed E-state index contributed by atoms with van der Waals surface area (Å²) in [6.45, 7) is 2.51. The number of hydrogen-bond donors (Lipinski definition) is 4. The van der Waals surface area contributed by atoms with Crippen molar-refractivity contribution in [3.05, 3.63) is 0 Å². The van der Waals surface area contributed by atoms with Crippen LogP contribution in [-0.4, -0.2) is 41.4 Å². The van der Waals surface area contributed by atoms with Crippen LogP contribution in [0.3, 0.4) is 0 Å². The molecule has 5 N–H and O–H groups in total. The fourth-order valence-corrected chi connectivity index (χ4v) is 1.12. The molecule has 0 heterocycles. The molecule has 0 rings (SSSR count). The van der Waals surface area contributed by atoms with Gasteiger partial charge in [0.25, 0.3) is 0 Å². The molecule has 0 amide bonds. The molecular weight excluding hydrogens is 184 g/mol. The molecule has 14 heavy (non-hydrogen) atoms. The van der Waals surface area contributed by atoms with Gasteiger partial charge in [-0.1, -0.05) is 6.42 Å². The Morgan fingerprint density at radius 3 is 2.57 bits per heavy atom. The molecule has 0 aromatic carbocycles. The number of unbranched alkanes of at least 4 members (excludes halogenated alkanes) is 1. The summed E-state index contributed by atoms with van der Waals surface area (Å²) in [7, 11) is 0. The summed E-state index contributed by atoms with van der Waals surface area (Å²) < 4.78 is 0. The van der Waals surface area contributed by atoms with Crippen molar-refractivity contribution in [2.24, 2.45) is 5.73 Å². The van der Waals surface area contributed by atoms with Crippen molar-refractivity contribution in [1.29, 1.82) is 0 Å². The predicted octanol–water partition coefficient (Wildman–Crippen LogP) is -0.461. The maximum absolute atomic E-state index is 10.7. The van der Waals surface area contributed by atoms with Crippen LogP contribution in [0.4, 0.5) is 0 Å². The summed E-state index contributed by atoms with van der Waals surface area (Å²) in [6, 6.07) is -0.573. The molecule has 2 unspecified atom stereocenters. The zero-order chi connectivity index (χ0) is 11.0. The highest BCUT2D eigenvalue weighted by atomic mass is 16.4. The maximum Gasteiger partial charge on any atom is 0.320 e. The summed E-state index contributed by atoms with van der Waals surface area (Å²) in [5.41, 5.74) is 5.31. The van der Waals surface area contributed by atoms with Gasteiger partial charge in [-0.05, 0) is 26.3 Å². The molecule has 0 saturated heterocycles. The fraction of sp³-hybridized carbons (Fsp3) is 0.889. The number of carbonyl (C=O) groups is 1. The molecule has 0 bridgehead atoms. The van der Waals surface area contributed by atoms with E-state index in [1.54, 1.807) is 6.92 Å². The van der Waals surface area contributed by atoms with Gasteiger partial charge in [-0.2, -0.15) is 0 Å². The third kappa shape index (κ3) is 6.82. The molecule has 2 atom stereocenters. The minimum absolute atomic E-state index is 0.305. The predicted molar refractivity (Wildman–Crippen MR) is 54.0 cm³/mol. The molecular formula is C9H20N2O3. The van der Waals surface area contributed by atoms with Crippen molar-refractivity contribution in [2.75, 3.05) is 13.1 Å². The Balaban J connectivity index is 3.72. The number of carboxylic acid groups (broad SMARTS) is 1. The van der Waals surface area contributed by atoms with Crippen LogP contribution in [0.15, 0.2) is 0 Å². The van der Waals surface area contributed by atoms with Crippen LogP contribution in [0, 0.1) is 0 Å². The highest BCUT2D eigenvalue weighted by Crippen LogP contribution is 2.00. The van der Waals surface area contributed by atoms with Gasteiger partial charge in [0, 0.05) is 6.54 Å². The molecule has 5 nitrogen and oxygen atoms in total. The molecule has 0 radical (unpaired) electrons. The van der Waals surface area contributed by atoms with E-state index in [4.69, 9.17) is 15.9 Å². The molecule has 0 aliphatic carbocycles. The number of nitrogens with one attached hydrogen (secondary N) is 1. The van der Waals surface area contributed by atoms with E-state index in [1.165, 1.54) is 0 Å². The Labute approximate surface area is 84.3 Å². The summed E-state index contributed by atoms with van der Waals surface area (Å²) >= 11 is 0. The summed E-state index contributed by atoms with van der Waals surface area (Å²) in [4.78, 5) is 10.7. The number of nitrogens with two attached hydrogens (primary N) is 1. The SMILES string of the molecule is CC(O)CNC(CCCCN)C(=O)O. The third-order valence-corrected chi connectivity index (χ3v) is 1.90. The smallest absolute Gasteiger partial charge is 0.320 e. The summed E-state index contributed by atoms with van der Waals surface area (Å²) in [5.74, 6) is -0.873. The fourth-order valence-electron chi connectivity index (χ4n) is 1.12. The van der Waals surface area contributed by atoms with Crippen LogP contribution in [-0.2, 0) is 4.79 Å². The first-order valence-corrected chi connectivity index (χ1v) is 4.92. The van der Waals surface area contributed by atoms with Crippen molar-refractivity contribution in [3.63, 3.8) is 0 Å². The molecule has 0 aromatic heterocycles. The molecule has 0 aliphatic rings. The van der Waals surface area contributed by atoms with Gasteiger partial charge in [0.1, 0.15) is 6.04 Å². The Hall–Kier alpha value is -0.650. The van der Waals surface area contributed by atoms with E-state index in [9.17, 15) is 4.79 Å². The standard InChI is InChI=1S/C9H20N2O3/c1-7(12)6-11-8(9(13)14)4-2-3-5-10/h7-8,11-12H,2-6,10H2,1H3,(H,13,14). The van der Waals surface area contributed by atoms with Gasteiger partial charge in [-0.15, -0.1) is 0 Å². The zero-order valence-electron chi connectivity index (χ0n) is 8.57. The number of aliphatic carboxylic acids is 1. The first-order chi connectivity index (χ1) is 6.57. The average Bonchev–Trinajstić information content (AvgIpc) is 2.10. The normalized spacial score (nSPS) is 15.1. The average molecular weight is 204 g/mol. The Bertz CT molecular complexity index is 162. The second kappa shape index (κ2) is 7.73. The zero-order valence-corrected chi connectivity index (χ0v) is 8.57. The number of aliphatic hydroxyl groups is 1. The highest BCUT2D eigenvalue weighted by Gasteiger charge is 2.16. The van der Waals surface area contributed by atoms with E-state index < -0.39 is 18.1 Å². The highest BCUT2D eigenvalue weighted by molar-refractivity contribution is 5.73. The van der Waals surface area contributed by atoms with E-state index in [-0.39, 0.29) is 0 Å². The third-order valence-electron chi connectivity index (χ3n) is 1.90. The van der Waals surface area contributed by atoms with E-state index >= 15 is 0 Å². The topological polar surface area (TPSA) is 95.6 Å². The van der Waals surface area contributed by atoms with Crippen LogP contribution >= 0.6 is 0 Å². The van der Waals surface area contributed by atoms with Crippen LogP contribution in [0.5, 0.6) is 0 Å².